The Bertz CT molecular complexity index is 927. The van der Waals surface area contributed by atoms with Crippen LogP contribution in [0.4, 0.5) is 22.0 Å². The smallest absolute Gasteiger partial charge is 0.200 e. The molecule has 8 heteroatoms. The van der Waals surface area contributed by atoms with E-state index in [0.717, 1.165) is 0 Å². The van der Waals surface area contributed by atoms with Crippen LogP contribution < -0.4 is 0 Å². The molecular formula is C19H8Cl3F5. The molecule has 0 fully saturated rings. The summed E-state index contributed by atoms with van der Waals surface area (Å²) in [7, 11) is 0. The van der Waals surface area contributed by atoms with E-state index in [-0.39, 0.29) is 11.1 Å². The van der Waals surface area contributed by atoms with E-state index in [0.29, 0.717) is 10.0 Å². The fraction of sp³-hybridized carbons (Fsp3) is 0.0526. The molecule has 3 aromatic rings. The average Bonchev–Trinajstić information content (AvgIpc) is 2.65. The zero-order chi connectivity index (χ0) is 19.9. The molecule has 140 valence electrons. The summed E-state index contributed by atoms with van der Waals surface area (Å²) in [6.45, 7) is 0. The predicted octanol–water partition coefficient (Wildman–Crippen LogP) is 7.22. The van der Waals surface area contributed by atoms with E-state index in [9.17, 15) is 22.0 Å². The van der Waals surface area contributed by atoms with Crippen LogP contribution in [0.2, 0.25) is 10.0 Å². The van der Waals surface area contributed by atoms with E-state index in [1.165, 1.54) is 48.5 Å². The molecule has 0 atom stereocenters. The monoisotopic (exact) mass is 436 g/mol. The molecule has 0 aliphatic rings. The third kappa shape index (κ3) is 3.28. The second-order valence-corrected chi connectivity index (χ2v) is 7.06. The van der Waals surface area contributed by atoms with E-state index >= 15 is 0 Å². The molecule has 27 heavy (non-hydrogen) atoms. The lowest BCUT2D eigenvalue weighted by molar-refractivity contribution is 0.366. The van der Waals surface area contributed by atoms with E-state index in [4.69, 9.17) is 34.8 Å². The van der Waals surface area contributed by atoms with Gasteiger partial charge in [-0.25, -0.2) is 22.0 Å². The largest absolute Gasteiger partial charge is 0.203 e. The van der Waals surface area contributed by atoms with Gasteiger partial charge in [0.05, 0.1) is 5.56 Å². The molecule has 3 rings (SSSR count). The van der Waals surface area contributed by atoms with Crippen LogP contribution in [-0.4, -0.2) is 0 Å². The summed E-state index contributed by atoms with van der Waals surface area (Å²) in [5.74, 6) is -10.5. The number of halogens is 8. The van der Waals surface area contributed by atoms with Gasteiger partial charge in [0.15, 0.2) is 23.3 Å². The topological polar surface area (TPSA) is 0 Å². The van der Waals surface area contributed by atoms with Crippen LogP contribution in [0.3, 0.4) is 0 Å². The molecular weight excluding hydrogens is 430 g/mol. The first-order valence-electron chi connectivity index (χ1n) is 7.40. The SMILES string of the molecule is Fc1c(F)c(F)c(C(Cl)(c2ccc(Cl)cc2)c2ccc(Cl)cc2)c(F)c1F. The Morgan fingerprint density at radius 2 is 0.815 bits per heavy atom. The Balaban J connectivity index is 2.42. The van der Waals surface area contributed by atoms with Crippen molar-refractivity contribution in [3.63, 3.8) is 0 Å². The maximum atomic E-state index is 14.6. The minimum absolute atomic E-state index is 0.0547. The van der Waals surface area contributed by atoms with Gasteiger partial charge in [-0.05, 0) is 35.4 Å². The molecule has 0 saturated heterocycles. The average molecular weight is 438 g/mol. The second kappa shape index (κ2) is 7.30. The maximum Gasteiger partial charge on any atom is 0.200 e. The summed E-state index contributed by atoms with van der Waals surface area (Å²) in [6, 6.07) is 10.9. The highest BCUT2D eigenvalue weighted by atomic mass is 35.5. The third-order valence-corrected chi connectivity index (χ3v) is 5.17. The van der Waals surface area contributed by atoms with E-state index in [1.807, 2.05) is 0 Å². The van der Waals surface area contributed by atoms with Crippen molar-refractivity contribution >= 4 is 34.8 Å². The molecule has 0 N–H and O–H groups in total. The molecule has 0 heterocycles. The van der Waals surface area contributed by atoms with Crippen molar-refractivity contribution in [1.29, 1.82) is 0 Å². The Hall–Kier alpha value is -1.82. The summed E-state index contributed by atoms with van der Waals surface area (Å²) < 4.78 is 70.3. The number of rotatable bonds is 3. The number of hydrogen-bond donors (Lipinski definition) is 0. The lowest BCUT2D eigenvalue weighted by Gasteiger charge is -2.30. The summed E-state index contributed by atoms with van der Waals surface area (Å²) in [4.78, 5) is -2.22. The number of alkyl halides is 1. The highest BCUT2D eigenvalue weighted by Gasteiger charge is 2.43. The molecule has 0 saturated carbocycles. The van der Waals surface area contributed by atoms with Crippen LogP contribution in [0.1, 0.15) is 16.7 Å². The first-order chi connectivity index (χ1) is 12.7. The summed E-state index contributed by atoms with van der Waals surface area (Å²) in [6.07, 6.45) is 0. The van der Waals surface area contributed by atoms with Crippen LogP contribution in [0, 0.1) is 29.1 Å². The van der Waals surface area contributed by atoms with Gasteiger partial charge in [-0.15, -0.1) is 11.6 Å². The Kier molecular flexibility index (Phi) is 5.39. The minimum atomic E-state index is -2.26. The molecule has 0 amide bonds. The summed E-state index contributed by atoms with van der Waals surface area (Å²) in [5.41, 5.74) is -1.08. The molecule has 0 aliphatic heterocycles. The van der Waals surface area contributed by atoms with Crippen LogP contribution in [-0.2, 0) is 4.87 Å². The van der Waals surface area contributed by atoms with Gasteiger partial charge in [0, 0.05) is 10.0 Å². The van der Waals surface area contributed by atoms with Gasteiger partial charge in [0.25, 0.3) is 0 Å². The zero-order valence-electron chi connectivity index (χ0n) is 13.1. The van der Waals surface area contributed by atoms with Gasteiger partial charge in [0.2, 0.25) is 5.82 Å². The van der Waals surface area contributed by atoms with Gasteiger partial charge in [0.1, 0.15) is 4.87 Å². The van der Waals surface area contributed by atoms with E-state index in [2.05, 4.69) is 0 Å². The molecule has 0 aromatic heterocycles. The standard InChI is InChI=1S/C19H8Cl3F5/c20-11-5-1-9(2-6-11)19(22,10-3-7-12(21)8-4-10)13-14(23)16(25)18(27)17(26)15(13)24/h1-8H. The van der Waals surface area contributed by atoms with Gasteiger partial charge in [-0.2, -0.15) is 0 Å². The summed E-state index contributed by atoms with van der Waals surface area (Å²) in [5, 5.41) is 0.595. The highest BCUT2D eigenvalue weighted by Crippen LogP contribution is 2.46. The molecule has 0 spiro atoms. The second-order valence-electron chi connectivity index (χ2n) is 5.62. The van der Waals surface area contributed by atoms with Crippen LogP contribution in [0.15, 0.2) is 48.5 Å². The van der Waals surface area contributed by atoms with Gasteiger partial charge >= 0.3 is 0 Å². The Labute approximate surface area is 166 Å². The first kappa shape index (κ1) is 19.9. The maximum absolute atomic E-state index is 14.6. The Morgan fingerprint density at radius 1 is 0.519 bits per heavy atom. The van der Waals surface area contributed by atoms with Crippen LogP contribution >= 0.6 is 34.8 Å². The van der Waals surface area contributed by atoms with E-state index in [1.54, 1.807) is 0 Å². The van der Waals surface area contributed by atoms with Crippen molar-refractivity contribution in [2.45, 2.75) is 4.87 Å². The Morgan fingerprint density at radius 3 is 1.15 bits per heavy atom. The van der Waals surface area contributed by atoms with Crippen molar-refractivity contribution in [2.24, 2.45) is 0 Å². The quantitative estimate of drug-likeness (QED) is 0.133. The fourth-order valence-electron chi connectivity index (χ4n) is 2.72. The van der Waals surface area contributed by atoms with Crippen molar-refractivity contribution in [2.75, 3.05) is 0 Å². The van der Waals surface area contributed by atoms with Crippen molar-refractivity contribution < 1.29 is 22.0 Å². The highest BCUT2D eigenvalue weighted by molar-refractivity contribution is 6.31. The van der Waals surface area contributed by atoms with Crippen molar-refractivity contribution in [1.82, 2.24) is 0 Å². The first-order valence-corrected chi connectivity index (χ1v) is 8.54. The lowest BCUT2D eigenvalue weighted by Crippen LogP contribution is -2.27. The van der Waals surface area contributed by atoms with E-state index < -0.39 is 39.5 Å². The molecule has 0 aliphatic carbocycles. The lowest BCUT2D eigenvalue weighted by atomic mass is 9.83. The number of hydrogen-bond acceptors (Lipinski definition) is 0. The van der Waals surface area contributed by atoms with Gasteiger partial charge < -0.3 is 0 Å². The fourth-order valence-corrected chi connectivity index (χ4v) is 3.39. The molecule has 0 nitrogen and oxygen atoms in total. The zero-order valence-corrected chi connectivity index (χ0v) is 15.4. The van der Waals surface area contributed by atoms with Crippen LogP contribution in [0.25, 0.3) is 0 Å². The van der Waals surface area contributed by atoms with Crippen LogP contribution in [0.5, 0.6) is 0 Å². The minimum Gasteiger partial charge on any atom is -0.203 e. The van der Waals surface area contributed by atoms with Crippen molar-refractivity contribution in [3.05, 3.63) is 104 Å². The van der Waals surface area contributed by atoms with Gasteiger partial charge in [-0.1, -0.05) is 47.5 Å². The predicted molar refractivity (Wildman–Crippen MR) is 94.9 cm³/mol. The normalized spacial score (nSPS) is 11.7. The molecule has 3 aromatic carbocycles. The van der Waals surface area contributed by atoms with Gasteiger partial charge in [-0.3, -0.25) is 0 Å². The molecule has 0 unspecified atom stereocenters. The molecule has 0 bridgehead atoms. The molecule has 0 radical (unpaired) electrons. The number of benzene rings is 3. The summed E-state index contributed by atoms with van der Waals surface area (Å²) >= 11 is 18.3. The third-order valence-electron chi connectivity index (χ3n) is 4.04. The van der Waals surface area contributed by atoms with Crippen molar-refractivity contribution in [3.8, 4) is 0 Å².